The summed E-state index contributed by atoms with van der Waals surface area (Å²) in [5, 5.41) is 10.1. The Balaban J connectivity index is 4.43. The molecule has 0 rings (SSSR count). The number of Topliss-reactive ketones (excluding diaryl/α,β-unsaturated/α-hetero) is 1. The molecule has 0 saturated heterocycles. The summed E-state index contributed by atoms with van der Waals surface area (Å²) in [6, 6.07) is 0. The Kier molecular flexibility index (Phi) is 4.62. The molecule has 0 aliphatic heterocycles. The highest BCUT2D eigenvalue weighted by Gasteiger charge is 2.33. The van der Waals surface area contributed by atoms with E-state index in [4.69, 9.17) is 0 Å². The number of carbonyl (C=O) groups excluding carboxylic acids is 1. The molecule has 0 heterocycles. The van der Waals surface area contributed by atoms with Gasteiger partial charge < -0.3 is 5.11 Å². The van der Waals surface area contributed by atoms with E-state index < -0.39 is 5.60 Å². The lowest BCUT2D eigenvalue weighted by molar-refractivity contribution is -0.138. The van der Waals surface area contributed by atoms with Crippen molar-refractivity contribution in [2.24, 2.45) is 11.8 Å². The Morgan fingerprint density at radius 2 is 1.46 bits per heavy atom. The van der Waals surface area contributed by atoms with E-state index in [9.17, 15) is 9.90 Å². The third kappa shape index (κ3) is 4.41. The first-order valence-corrected chi connectivity index (χ1v) is 5.01. The van der Waals surface area contributed by atoms with Crippen LogP contribution in [-0.2, 0) is 4.79 Å². The smallest absolute Gasteiger partial charge is 0.161 e. The van der Waals surface area contributed by atoms with Crippen LogP contribution in [0.3, 0.4) is 0 Å². The zero-order valence-electron chi connectivity index (χ0n) is 9.42. The van der Waals surface area contributed by atoms with Gasteiger partial charge in [0.25, 0.3) is 0 Å². The quantitative estimate of drug-likeness (QED) is 0.716. The fourth-order valence-corrected chi connectivity index (χ4v) is 1.72. The van der Waals surface area contributed by atoms with Crippen LogP contribution in [0, 0.1) is 11.8 Å². The average Bonchev–Trinajstić information content (AvgIpc) is 1.82. The highest BCUT2D eigenvalue weighted by molar-refractivity contribution is 5.84. The molecular formula is C11H22O2. The summed E-state index contributed by atoms with van der Waals surface area (Å²) >= 11 is 0. The minimum atomic E-state index is -1.09. The third-order valence-electron chi connectivity index (χ3n) is 2.15. The van der Waals surface area contributed by atoms with Crippen molar-refractivity contribution < 1.29 is 9.90 Å². The van der Waals surface area contributed by atoms with Gasteiger partial charge in [-0.25, -0.2) is 0 Å². The standard InChI is InChI=1S/C11H22O2/c1-8(2)6-11(13,10(5)12)7-9(3)4/h8-9,13H,6-7H2,1-5H3. The van der Waals surface area contributed by atoms with Gasteiger partial charge in [-0.15, -0.1) is 0 Å². The van der Waals surface area contributed by atoms with Gasteiger partial charge in [-0.05, 0) is 31.6 Å². The molecule has 0 radical (unpaired) electrons. The molecule has 0 aromatic heterocycles. The Morgan fingerprint density at radius 3 is 1.62 bits per heavy atom. The maximum Gasteiger partial charge on any atom is 0.161 e. The van der Waals surface area contributed by atoms with Crippen molar-refractivity contribution in [1.29, 1.82) is 0 Å². The topological polar surface area (TPSA) is 37.3 Å². The van der Waals surface area contributed by atoms with Crippen molar-refractivity contribution in [3.05, 3.63) is 0 Å². The van der Waals surface area contributed by atoms with Gasteiger partial charge in [0.05, 0.1) is 0 Å². The number of ketones is 1. The predicted molar refractivity (Wildman–Crippen MR) is 54.5 cm³/mol. The van der Waals surface area contributed by atoms with Crippen molar-refractivity contribution >= 4 is 5.78 Å². The Hall–Kier alpha value is -0.370. The molecule has 0 atom stereocenters. The largest absolute Gasteiger partial charge is 0.382 e. The lowest BCUT2D eigenvalue weighted by Gasteiger charge is -2.28. The lowest BCUT2D eigenvalue weighted by Crippen LogP contribution is -2.39. The zero-order valence-corrected chi connectivity index (χ0v) is 9.42. The fourth-order valence-electron chi connectivity index (χ4n) is 1.72. The van der Waals surface area contributed by atoms with Crippen molar-refractivity contribution in [1.82, 2.24) is 0 Å². The second-order valence-corrected chi connectivity index (χ2v) is 4.78. The van der Waals surface area contributed by atoms with Crippen LogP contribution >= 0.6 is 0 Å². The number of rotatable bonds is 5. The van der Waals surface area contributed by atoms with E-state index in [0.717, 1.165) is 0 Å². The summed E-state index contributed by atoms with van der Waals surface area (Å²) < 4.78 is 0. The molecule has 2 nitrogen and oxygen atoms in total. The SMILES string of the molecule is CC(=O)C(O)(CC(C)C)CC(C)C. The number of carbonyl (C=O) groups is 1. The molecule has 0 fully saturated rings. The van der Waals surface area contributed by atoms with Crippen molar-refractivity contribution in [3.8, 4) is 0 Å². The van der Waals surface area contributed by atoms with Crippen molar-refractivity contribution in [3.63, 3.8) is 0 Å². The summed E-state index contributed by atoms with van der Waals surface area (Å²) in [7, 11) is 0. The van der Waals surface area contributed by atoms with Crippen LogP contribution in [0.15, 0.2) is 0 Å². The number of hydrogen-bond acceptors (Lipinski definition) is 2. The highest BCUT2D eigenvalue weighted by Crippen LogP contribution is 2.25. The maximum absolute atomic E-state index is 11.3. The van der Waals surface area contributed by atoms with Crippen LogP contribution in [0.5, 0.6) is 0 Å². The molecule has 0 aromatic rings. The lowest BCUT2D eigenvalue weighted by atomic mass is 9.82. The first-order chi connectivity index (χ1) is 5.78. The summed E-state index contributed by atoms with van der Waals surface area (Å²) in [6.07, 6.45) is 1.14. The average molecular weight is 186 g/mol. The van der Waals surface area contributed by atoms with E-state index in [-0.39, 0.29) is 5.78 Å². The fraction of sp³-hybridized carbons (Fsp3) is 0.909. The van der Waals surface area contributed by atoms with Gasteiger partial charge in [-0.1, -0.05) is 27.7 Å². The molecule has 0 aliphatic carbocycles. The highest BCUT2D eigenvalue weighted by atomic mass is 16.3. The second kappa shape index (κ2) is 4.75. The normalized spacial score (nSPS) is 12.6. The molecule has 0 unspecified atom stereocenters. The molecule has 0 spiro atoms. The van der Waals surface area contributed by atoms with Gasteiger partial charge in [0, 0.05) is 0 Å². The molecule has 1 N–H and O–H groups in total. The van der Waals surface area contributed by atoms with Gasteiger partial charge in [-0.2, -0.15) is 0 Å². The van der Waals surface area contributed by atoms with Gasteiger partial charge >= 0.3 is 0 Å². The van der Waals surface area contributed by atoms with E-state index >= 15 is 0 Å². The first-order valence-electron chi connectivity index (χ1n) is 5.01. The first kappa shape index (κ1) is 12.6. The van der Waals surface area contributed by atoms with Crippen LogP contribution in [0.1, 0.15) is 47.5 Å². The van der Waals surface area contributed by atoms with Gasteiger partial charge in [-0.3, -0.25) is 4.79 Å². The predicted octanol–water partition coefficient (Wildman–Crippen LogP) is 2.40. The zero-order chi connectivity index (χ0) is 10.6. The van der Waals surface area contributed by atoms with Gasteiger partial charge in [0.2, 0.25) is 0 Å². The van der Waals surface area contributed by atoms with E-state index in [2.05, 4.69) is 0 Å². The van der Waals surface area contributed by atoms with E-state index in [1.54, 1.807) is 0 Å². The van der Waals surface area contributed by atoms with E-state index in [1.165, 1.54) is 6.92 Å². The molecular weight excluding hydrogens is 164 g/mol. The Morgan fingerprint density at radius 1 is 1.15 bits per heavy atom. The summed E-state index contributed by atoms with van der Waals surface area (Å²) in [5.74, 6) is 0.607. The molecule has 2 heteroatoms. The molecule has 0 bridgehead atoms. The third-order valence-corrected chi connectivity index (χ3v) is 2.15. The minimum absolute atomic E-state index is 0.102. The molecule has 0 amide bonds. The molecule has 78 valence electrons. The summed E-state index contributed by atoms with van der Waals surface area (Å²) in [6.45, 7) is 9.57. The minimum Gasteiger partial charge on any atom is -0.382 e. The van der Waals surface area contributed by atoms with Gasteiger partial charge in [0.1, 0.15) is 5.60 Å². The summed E-state index contributed by atoms with van der Waals surface area (Å²) in [4.78, 5) is 11.3. The molecule has 0 saturated carbocycles. The van der Waals surface area contributed by atoms with Crippen molar-refractivity contribution in [2.75, 3.05) is 0 Å². The molecule has 0 aromatic carbocycles. The van der Waals surface area contributed by atoms with Crippen molar-refractivity contribution in [2.45, 2.75) is 53.1 Å². The molecule has 0 aliphatic rings. The van der Waals surface area contributed by atoms with E-state index in [1.807, 2.05) is 27.7 Å². The second-order valence-electron chi connectivity index (χ2n) is 4.78. The van der Waals surface area contributed by atoms with Crippen LogP contribution < -0.4 is 0 Å². The number of aliphatic hydroxyl groups is 1. The van der Waals surface area contributed by atoms with Crippen LogP contribution in [0.2, 0.25) is 0 Å². The number of hydrogen-bond donors (Lipinski definition) is 1. The maximum atomic E-state index is 11.3. The Bertz CT molecular complexity index is 161. The monoisotopic (exact) mass is 186 g/mol. The van der Waals surface area contributed by atoms with Crippen LogP contribution in [0.25, 0.3) is 0 Å². The summed E-state index contributed by atoms with van der Waals surface area (Å²) in [5.41, 5.74) is -1.09. The van der Waals surface area contributed by atoms with Gasteiger partial charge in [0.15, 0.2) is 5.78 Å². The molecule has 13 heavy (non-hydrogen) atoms. The van der Waals surface area contributed by atoms with E-state index in [0.29, 0.717) is 24.7 Å². The van der Waals surface area contributed by atoms with Crippen LogP contribution in [0.4, 0.5) is 0 Å². The van der Waals surface area contributed by atoms with Crippen LogP contribution in [-0.4, -0.2) is 16.5 Å². The Labute approximate surface area is 81.3 Å².